The Labute approximate surface area is 106 Å². The van der Waals surface area contributed by atoms with Crippen LogP contribution < -0.4 is 15.4 Å². The van der Waals surface area contributed by atoms with E-state index >= 15 is 0 Å². The van der Waals surface area contributed by atoms with E-state index in [1.165, 1.54) is 0 Å². The molecule has 1 unspecified atom stereocenters. The van der Waals surface area contributed by atoms with Gasteiger partial charge in [-0.1, -0.05) is 0 Å². The van der Waals surface area contributed by atoms with Crippen LogP contribution in [0.1, 0.15) is 6.92 Å². The summed E-state index contributed by atoms with van der Waals surface area (Å²) in [6, 6.07) is 5.71. The molecule has 0 amide bonds. The second kappa shape index (κ2) is 5.56. The number of rotatable bonds is 3. The second-order valence-electron chi connectivity index (χ2n) is 3.93. The normalized spacial score (nSPS) is 19.3. The molecular formula is C12H16N4O2. The van der Waals surface area contributed by atoms with Crippen LogP contribution in [0.4, 0.5) is 11.5 Å². The number of anilines is 2. The maximum atomic E-state index is 8.87. The number of aromatic nitrogens is 1. The van der Waals surface area contributed by atoms with Gasteiger partial charge in [-0.3, -0.25) is 0 Å². The van der Waals surface area contributed by atoms with E-state index in [0.29, 0.717) is 37.9 Å². The topological polar surface area (TPSA) is 84.4 Å². The molecular weight excluding hydrogens is 232 g/mol. The molecule has 0 spiro atoms. The molecule has 96 valence electrons. The highest BCUT2D eigenvalue weighted by Gasteiger charge is 2.21. The zero-order valence-electron chi connectivity index (χ0n) is 10.3. The van der Waals surface area contributed by atoms with E-state index in [9.17, 15) is 0 Å². The molecule has 0 bridgehead atoms. The van der Waals surface area contributed by atoms with Crippen molar-refractivity contribution in [2.24, 2.45) is 0 Å². The largest absolute Gasteiger partial charge is 0.476 e. The monoisotopic (exact) mass is 248 g/mol. The van der Waals surface area contributed by atoms with Crippen molar-refractivity contribution in [1.29, 1.82) is 5.26 Å². The number of nitrogen functional groups attached to an aromatic ring is 1. The summed E-state index contributed by atoms with van der Waals surface area (Å²) in [6.07, 6.45) is -0.409. The van der Waals surface area contributed by atoms with Gasteiger partial charge in [-0.2, -0.15) is 10.2 Å². The van der Waals surface area contributed by atoms with Gasteiger partial charge in [-0.05, 0) is 19.1 Å². The standard InChI is InChI=1S/C12H16N4O2/c1-2-17-12-10(14)3-4-11(15-12)16-5-6-18-9(7-13)8-16/h3-4,9H,2,5-6,8,14H2,1H3. The molecule has 1 aliphatic rings. The van der Waals surface area contributed by atoms with Crippen LogP contribution in [0, 0.1) is 11.3 Å². The minimum absolute atomic E-state index is 0.409. The predicted octanol–water partition coefficient (Wildman–Crippen LogP) is 0.791. The maximum absolute atomic E-state index is 8.87. The van der Waals surface area contributed by atoms with Gasteiger partial charge < -0.3 is 20.1 Å². The summed E-state index contributed by atoms with van der Waals surface area (Å²) in [5, 5.41) is 8.87. The first-order valence-corrected chi connectivity index (χ1v) is 5.90. The number of pyridine rings is 1. The molecule has 1 fully saturated rings. The van der Waals surface area contributed by atoms with Gasteiger partial charge in [0, 0.05) is 6.54 Å². The highest BCUT2D eigenvalue weighted by atomic mass is 16.5. The number of nitrogens with two attached hydrogens (primary N) is 1. The fourth-order valence-corrected chi connectivity index (χ4v) is 1.81. The molecule has 18 heavy (non-hydrogen) atoms. The number of nitrogens with zero attached hydrogens (tertiary/aromatic N) is 3. The van der Waals surface area contributed by atoms with E-state index in [1.807, 2.05) is 17.9 Å². The van der Waals surface area contributed by atoms with E-state index in [-0.39, 0.29) is 0 Å². The lowest BCUT2D eigenvalue weighted by Gasteiger charge is -2.30. The Kier molecular flexibility index (Phi) is 3.85. The van der Waals surface area contributed by atoms with Crippen LogP contribution in [0.15, 0.2) is 12.1 Å². The third kappa shape index (κ3) is 2.63. The third-order valence-corrected chi connectivity index (χ3v) is 2.69. The van der Waals surface area contributed by atoms with Crippen molar-refractivity contribution in [2.75, 3.05) is 36.9 Å². The molecule has 2 N–H and O–H groups in total. The number of ether oxygens (including phenoxy) is 2. The fraction of sp³-hybridized carbons (Fsp3) is 0.500. The van der Waals surface area contributed by atoms with Crippen LogP contribution in [0.25, 0.3) is 0 Å². The molecule has 0 aromatic carbocycles. The Morgan fingerprint density at radius 2 is 2.50 bits per heavy atom. The average molecular weight is 248 g/mol. The third-order valence-electron chi connectivity index (χ3n) is 2.69. The van der Waals surface area contributed by atoms with Gasteiger partial charge in [0.2, 0.25) is 5.88 Å². The van der Waals surface area contributed by atoms with Crippen LogP contribution >= 0.6 is 0 Å². The molecule has 0 saturated carbocycles. The summed E-state index contributed by atoms with van der Waals surface area (Å²) in [5.41, 5.74) is 6.29. The van der Waals surface area contributed by atoms with Crippen LogP contribution in [-0.4, -0.2) is 37.4 Å². The van der Waals surface area contributed by atoms with E-state index < -0.39 is 6.10 Å². The van der Waals surface area contributed by atoms with Crippen LogP contribution in [-0.2, 0) is 4.74 Å². The summed E-state index contributed by atoms with van der Waals surface area (Å²) >= 11 is 0. The molecule has 1 atom stereocenters. The summed E-state index contributed by atoms with van der Waals surface area (Å²) in [4.78, 5) is 6.37. The lowest BCUT2D eigenvalue weighted by atomic mass is 10.3. The lowest BCUT2D eigenvalue weighted by molar-refractivity contribution is 0.0761. The van der Waals surface area contributed by atoms with E-state index in [0.717, 1.165) is 5.82 Å². The Bertz CT molecular complexity index is 458. The van der Waals surface area contributed by atoms with Crippen molar-refractivity contribution in [1.82, 2.24) is 4.98 Å². The molecule has 2 heterocycles. The second-order valence-corrected chi connectivity index (χ2v) is 3.93. The summed E-state index contributed by atoms with van der Waals surface area (Å²) in [5.74, 6) is 1.20. The van der Waals surface area contributed by atoms with Crippen molar-refractivity contribution in [3.8, 4) is 11.9 Å². The molecule has 1 aromatic heterocycles. The van der Waals surface area contributed by atoms with E-state index in [2.05, 4.69) is 11.1 Å². The van der Waals surface area contributed by atoms with E-state index in [4.69, 9.17) is 20.5 Å². The zero-order valence-corrected chi connectivity index (χ0v) is 10.3. The van der Waals surface area contributed by atoms with Gasteiger partial charge in [0.15, 0.2) is 6.10 Å². The Morgan fingerprint density at radius 3 is 3.22 bits per heavy atom. The van der Waals surface area contributed by atoms with Crippen LogP contribution in [0.2, 0.25) is 0 Å². The smallest absolute Gasteiger partial charge is 0.239 e. The van der Waals surface area contributed by atoms with Gasteiger partial charge in [-0.25, -0.2) is 0 Å². The number of nitriles is 1. The fourth-order valence-electron chi connectivity index (χ4n) is 1.81. The number of hydrogen-bond donors (Lipinski definition) is 1. The van der Waals surface area contributed by atoms with Crippen molar-refractivity contribution < 1.29 is 9.47 Å². The van der Waals surface area contributed by atoms with Crippen LogP contribution in [0.5, 0.6) is 5.88 Å². The van der Waals surface area contributed by atoms with Crippen LogP contribution in [0.3, 0.4) is 0 Å². The minimum atomic E-state index is -0.409. The highest BCUT2D eigenvalue weighted by molar-refractivity contribution is 5.54. The number of morpholine rings is 1. The molecule has 6 heteroatoms. The van der Waals surface area contributed by atoms with E-state index in [1.54, 1.807) is 6.07 Å². The number of hydrogen-bond acceptors (Lipinski definition) is 6. The van der Waals surface area contributed by atoms with Gasteiger partial charge in [-0.15, -0.1) is 0 Å². The first kappa shape index (κ1) is 12.5. The minimum Gasteiger partial charge on any atom is -0.476 e. The van der Waals surface area contributed by atoms with Gasteiger partial charge >= 0.3 is 0 Å². The molecule has 1 saturated heterocycles. The van der Waals surface area contributed by atoms with Gasteiger partial charge in [0.1, 0.15) is 5.82 Å². The lowest BCUT2D eigenvalue weighted by Crippen LogP contribution is -2.42. The summed E-state index contributed by atoms with van der Waals surface area (Å²) in [6.45, 7) is 4.15. The molecule has 2 rings (SSSR count). The quantitative estimate of drug-likeness (QED) is 0.851. The van der Waals surface area contributed by atoms with Crippen molar-refractivity contribution in [3.05, 3.63) is 12.1 Å². The average Bonchev–Trinajstić information content (AvgIpc) is 2.41. The highest BCUT2D eigenvalue weighted by Crippen LogP contribution is 2.24. The first-order chi connectivity index (χ1) is 8.74. The van der Waals surface area contributed by atoms with Crippen molar-refractivity contribution >= 4 is 11.5 Å². The molecule has 1 aromatic rings. The Morgan fingerprint density at radius 1 is 1.67 bits per heavy atom. The molecule has 0 aliphatic carbocycles. The first-order valence-electron chi connectivity index (χ1n) is 5.90. The maximum Gasteiger partial charge on any atom is 0.239 e. The SMILES string of the molecule is CCOc1nc(N2CCOC(C#N)C2)ccc1N. The Balaban J connectivity index is 2.17. The molecule has 1 aliphatic heterocycles. The van der Waals surface area contributed by atoms with Crippen molar-refractivity contribution in [2.45, 2.75) is 13.0 Å². The van der Waals surface area contributed by atoms with Crippen molar-refractivity contribution in [3.63, 3.8) is 0 Å². The van der Waals surface area contributed by atoms with Gasteiger partial charge in [0.05, 0.1) is 31.5 Å². The Hall–Kier alpha value is -2.00. The molecule has 0 radical (unpaired) electrons. The summed E-state index contributed by atoms with van der Waals surface area (Å²) < 4.78 is 10.7. The predicted molar refractivity (Wildman–Crippen MR) is 67.4 cm³/mol. The van der Waals surface area contributed by atoms with Gasteiger partial charge in [0.25, 0.3) is 0 Å². The zero-order chi connectivity index (χ0) is 13.0. The molecule has 6 nitrogen and oxygen atoms in total. The summed E-state index contributed by atoms with van der Waals surface area (Å²) in [7, 11) is 0.